The Morgan fingerprint density at radius 2 is 1.49 bits per heavy atom. The first kappa shape index (κ1) is 23.6. The van der Waals surface area contributed by atoms with E-state index in [2.05, 4.69) is 28.7 Å². The monoisotopic (exact) mass is 468 g/mol. The van der Waals surface area contributed by atoms with Gasteiger partial charge in [-0.25, -0.2) is 9.59 Å². The maximum Gasteiger partial charge on any atom is 0.407 e. The summed E-state index contributed by atoms with van der Waals surface area (Å²) in [5.74, 6) is 2.57. The van der Waals surface area contributed by atoms with Crippen LogP contribution in [0.2, 0.25) is 0 Å². The third-order valence-corrected chi connectivity index (χ3v) is 5.80. The number of aliphatic carboxylic acids is 1. The maximum atomic E-state index is 12.8. The smallest absolute Gasteiger partial charge is 0.407 e. The highest BCUT2D eigenvalue weighted by molar-refractivity contribution is 5.86. The Morgan fingerprint density at radius 3 is 2.11 bits per heavy atom. The minimum Gasteiger partial charge on any atom is -0.472 e. The van der Waals surface area contributed by atoms with Gasteiger partial charge in [-0.3, -0.25) is 4.79 Å². The Balaban J connectivity index is 1.41. The van der Waals surface area contributed by atoms with E-state index in [9.17, 15) is 14.4 Å². The Bertz CT molecular complexity index is 1250. The molecule has 1 aliphatic rings. The summed E-state index contributed by atoms with van der Waals surface area (Å²) in [5, 5.41) is 13.9. The predicted molar refractivity (Wildman–Crippen MR) is 130 cm³/mol. The Kier molecular flexibility index (Phi) is 7.44. The van der Waals surface area contributed by atoms with Gasteiger partial charge in [-0.2, -0.15) is 0 Å². The number of carbonyl (C=O) groups excluding carboxylic acids is 2. The molecule has 1 aliphatic carbocycles. The number of hydrogen-bond acceptors (Lipinski definition) is 4. The van der Waals surface area contributed by atoms with Crippen LogP contribution in [0.3, 0.4) is 0 Å². The Hall–Kier alpha value is -4.57. The van der Waals surface area contributed by atoms with Gasteiger partial charge in [0.15, 0.2) is 0 Å². The molecule has 1 unspecified atom stereocenters. The number of carbonyl (C=O) groups is 3. The molecule has 0 saturated carbocycles. The van der Waals surface area contributed by atoms with Crippen LogP contribution in [0.5, 0.6) is 0 Å². The van der Waals surface area contributed by atoms with Gasteiger partial charge in [0, 0.05) is 11.8 Å². The molecule has 0 aromatic heterocycles. The first-order chi connectivity index (χ1) is 17.0. The van der Waals surface area contributed by atoms with E-state index in [1.165, 1.54) is 0 Å². The molecule has 0 spiro atoms. The lowest BCUT2D eigenvalue weighted by Gasteiger charge is -2.20. The van der Waals surface area contributed by atoms with Crippen molar-refractivity contribution in [2.45, 2.75) is 18.4 Å². The summed E-state index contributed by atoms with van der Waals surface area (Å²) in [6, 6.07) is 24.6. The summed E-state index contributed by atoms with van der Waals surface area (Å²) in [6.45, 7) is 0.0654. The van der Waals surface area contributed by atoms with Gasteiger partial charge in [0.05, 0.1) is 19.0 Å². The van der Waals surface area contributed by atoms with Gasteiger partial charge in [-0.15, -0.1) is 0 Å². The number of rotatable bonds is 7. The summed E-state index contributed by atoms with van der Waals surface area (Å²) in [7, 11) is 0. The zero-order valence-electron chi connectivity index (χ0n) is 18.9. The van der Waals surface area contributed by atoms with E-state index in [4.69, 9.17) is 9.84 Å². The van der Waals surface area contributed by atoms with Crippen LogP contribution in [0.4, 0.5) is 4.79 Å². The third-order valence-electron chi connectivity index (χ3n) is 5.80. The molecule has 35 heavy (non-hydrogen) atoms. The first-order valence-electron chi connectivity index (χ1n) is 11.2. The van der Waals surface area contributed by atoms with Gasteiger partial charge >= 0.3 is 12.1 Å². The van der Waals surface area contributed by atoms with Gasteiger partial charge in [-0.1, -0.05) is 84.8 Å². The number of alkyl carbamates (subject to hydrolysis) is 1. The molecule has 0 saturated heterocycles. The van der Waals surface area contributed by atoms with E-state index in [0.717, 1.165) is 27.8 Å². The fourth-order valence-electron chi connectivity index (χ4n) is 4.24. The van der Waals surface area contributed by atoms with Crippen LogP contribution in [-0.2, 0) is 14.3 Å². The van der Waals surface area contributed by atoms with Crippen molar-refractivity contribution in [3.63, 3.8) is 0 Å². The Labute approximate surface area is 203 Å². The number of carboxylic acids is 1. The van der Waals surface area contributed by atoms with E-state index >= 15 is 0 Å². The average Bonchev–Trinajstić information content (AvgIpc) is 3.19. The van der Waals surface area contributed by atoms with Crippen LogP contribution in [-0.4, -0.2) is 36.2 Å². The van der Waals surface area contributed by atoms with Crippen LogP contribution in [0.1, 0.15) is 35.1 Å². The van der Waals surface area contributed by atoms with Crippen molar-refractivity contribution in [3.8, 4) is 23.0 Å². The van der Waals surface area contributed by atoms with Crippen molar-refractivity contribution in [2.24, 2.45) is 0 Å². The summed E-state index contributed by atoms with van der Waals surface area (Å²) >= 11 is 0. The number of nitrogens with one attached hydrogen (secondary N) is 2. The molecule has 0 bridgehead atoms. The molecular formula is C28H24N2O5. The van der Waals surface area contributed by atoms with Gasteiger partial charge < -0.3 is 20.5 Å². The van der Waals surface area contributed by atoms with Crippen molar-refractivity contribution in [1.29, 1.82) is 0 Å². The number of amides is 2. The third kappa shape index (κ3) is 5.87. The first-order valence-corrected chi connectivity index (χ1v) is 11.2. The maximum absolute atomic E-state index is 12.8. The quantitative estimate of drug-likeness (QED) is 0.457. The van der Waals surface area contributed by atoms with Gasteiger partial charge in [0.25, 0.3) is 0 Å². The van der Waals surface area contributed by atoms with Crippen LogP contribution in [0.15, 0.2) is 78.9 Å². The minimum atomic E-state index is -1.27. The molecule has 0 heterocycles. The molecule has 0 fully saturated rings. The highest BCUT2D eigenvalue weighted by Gasteiger charge is 2.29. The molecule has 3 N–H and O–H groups in total. The van der Waals surface area contributed by atoms with Crippen LogP contribution < -0.4 is 10.6 Å². The minimum absolute atomic E-state index is 0.0526. The van der Waals surface area contributed by atoms with E-state index in [1.807, 2.05) is 72.7 Å². The number of ether oxygens (including phenoxy) is 1. The second-order valence-electron chi connectivity index (χ2n) is 8.02. The average molecular weight is 469 g/mol. The van der Waals surface area contributed by atoms with Crippen molar-refractivity contribution >= 4 is 18.0 Å². The molecule has 7 nitrogen and oxygen atoms in total. The molecule has 3 aromatic carbocycles. The van der Waals surface area contributed by atoms with Crippen molar-refractivity contribution in [1.82, 2.24) is 10.6 Å². The molecule has 2 amide bonds. The summed E-state index contributed by atoms with van der Waals surface area (Å²) in [4.78, 5) is 35.6. The summed E-state index contributed by atoms with van der Waals surface area (Å²) in [5.41, 5.74) is 5.25. The second-order valence-corrected chi connectivity index (χ2v) is 8.02. The van der Waals surface area contributed by atoms with E-state index in [1.54, 1.807) is 0 Å². The van der Waals surface area contributed by atoms with Crippen molar-refractivity contribution < 1.29 is 24.2 Å². The summed E-state index contributed by atoms with van der Waals surface area (Å²) in [6.07, 6.45) is -0.678. The van der Waals surface area contributed by atoms with E-state index in [0.29, 0.717) is 0 Å². The molecule has 176 valence electrons. The fraction of sp³-hybridized carbons (Fsp3) is 0.179. The van der Waals surface area contributed by atoms with Crippen molar-refractivity contribution in [3.05, 3.63) is 95.6 Å². The van der Waals surface area contributed by atoms with Crippen molar-refractivity contribution in [2.75, 3.05) is 13.2 Å². The highest BCUT2D eigenvalue weighted by Crippen LogP contribution is 2.44. The van der Waals surface area contributed by atoms with Gasteiger partial charge in [-0.05, 0) is 27.8 Å². The van der Waals surface area contributed by atoms with E-state index in [-0.39, 0.29) is 31.4 Å². The Morgan fingerprint density at radius 1 is 0.886 bits per heavy atom. The fourth-order valence-corrected chi connectivity index (χ4v) is 4.24. The normalized spacial score (nSPS) is 12.3. The predicted octanol–water partition coefficient (Wildman–Crippen LogP) is 3.86. The molecule has 4 rings (SSSR count). The lowest BCUT2D eigenvalue weighted by molar-refractivity contribution is -0.130. The van der Waals surface area contributed by atoms with E-state index < -0.39 is 18.1 Å². The molecule has 3 aromatic rings. The lowest BCUT2D eigenvalue weighted by atomic mass is 9.98. The van der Waals surface area contributed by atoms with Gasteiger partial charge in [0.2, 0.25) is 5.91 Å². The summed E-state index contributed by atoms with van der Waals surface area (Å²) < 4.78 is 5.63. The number of hydrogen-bond donors (Lipinski definition) is 3. The molecular weight excluding hydrogens is 444 g/mol. The second kappa shape index (κ2) is 11.0. The van der Waals surface area contributed by atoms with Crippen LogP contribution in [0, 0.1) is 11.8 Å². The van der Waals surface area contributed by atoms with Crippen LogP contribution in [0.25, 0.3) is 11.1 Å². The number of carboxylic acid groups (broad SMARTS) is 1. The molecule has 7 heteroatoms. The van der Waals surface area contributed by atoms with Crippen LogP contribution >= 0.6 is 0 Å². The highest BCUT2D eigenvalue weighted by atomic mass is 16.5. The number of benzene rings is 3. The standard InChI is InChI=1S/C28H24N2O5/c31-26(29-16-8-15-27(32)33)17-25(19-9-2-1-3-10-19)30-28(34)35-18-24-22-13-6-4-11-20(22)21-12-5-7-14-23(21)24/h1-7,9-14,24-25H,16-18H2,(H,29,31)(H,30,34)(H,32,33). The van der Waals surface area contributed by atoms with Gasteiger partial charge in [0.1, 0.15) is 6.61 Å². The lowest BCUT2D eigenvalue weighted by Crippen LogP contribution is -2.34. The zero-order chi connectivity index (χ0) is 24.6. The molecule has 0 radical (unpaired) electrons. The molecule has 0 aliphatic heterocycles. The zero-order valence-corrected chi connectivity index (χ0v) is 18.9. The molecule has 1 atom stereocenters. The topological polar surface area (TPSA) is 105 Å². The SMILES string of the molecule is O=C(O)C#CCNC(=O)CC(NC(=O)OCC1c2ccccc2-c2ccccc21)c1ccccc1. The largest absolute Gasteiger partial charge is 0.472 e. The number of fused-ring (bicyclic) bond motifs is 3.